The molecule has 1 saturated heterocycles. The zero-order chi connectivity index (χ0) is 18.9. The maximum Gasteiger partial charge on any atom is 0.213 e. The van der Waals surface area contributed by atoms with Crippen LogP contribution in [0.5, 0.6) is 5.88 Å². The molecular weight excluding hydrogens is 348 g/mol. The van der Waals surface area contributed by atoms with E-state index in [-0.39, 0.29) is 0 Å². The molecule has 1 aromatic heterocycles. The van der Waals surface area contributed by atoms with E-state index in [2.05, 4.69) is 70.6 Å². The van der Waals surface area contributed by atoms with Gasteiger partial charge in [0.2, 0.25) is 5.88 Å². The molecule has 0 radical (unpaired) electrons. The average molecular weight is 372 g/mol. The van der Waals surface area contributed by atoms with Crippen molar-refractivity contribution in [2.24, 2.45) is 0 Å². The van der Waals surface area contributed by atoms with Gasteiger partial charge < -0.3 is 9.47 Å². The molecule has 2 aliphatic heterocycles. The SMILES string of the molecule is COc1ccc2cc(C3=CC4COCC(C3)N4Cc3ccccc3)ccc2n1. The maximum atomic E-state index is 5.87. The number of pyridine rings is 1. The van der Waals surface area contributed by atoms with E-state index in [0.29, 0.717) is 18.0 Å². The van der Waals surface area contributed by atoms with Gasteiger partial charge >= 0.3 is 0 Å². The van der Waals surface area contributed by atoms with E-state index in [9.17, 15) is 0 Å². The first-order chi connectivity index (χ1) is 13.8. The molecule has 0 aliphatic carbocycles. The normalized spacial score (nSPS) is 22.1. The Morgan fingerprint density at radius 3 is 2.79 bits per heavy atom. The Kier molecular flexibility index (Phi) is 4.59. The summed E-state index contributed by atoms with van der Waals surface area (Å²) < 4.78 is 11.1. The summed E-state index contributed by atoms with van der Waals surface area (Å²) in [5, 5.41) is 1.15. The van der Waals surface area contributed by atoms with Crippen molar-refractivity contribution in [1.82, 2.24) is 9.88 Å². The van der Waals surface area contributed by atoms with Crippen molar-refractivity contribution in [2.75, 3.05) is 20.3 Å². The highest BCUT2D eigenvalue weighted by atomic mass is 16.5. The highest BCUT2D eigenvalue weighted by Gasteiger charge is 2.34. The monoisotopic (exact) mass is 372 g/mol. The molecule has 142 valence electrons. The molecule has 3 heterocycles. The molecule has 0 saturated carbocycles. The van der Waals surface area contributed by atoms with Gasteiger partial charge in [-0.3, -0.25) is 4.90 Å². The second-order valence-corrected chi connectivity index (χ2v) is 7.57. The third kappa shape index (κ3) is 3.30. The molecule has 2 unspecified atom stereocenters. The van der Waals surface area contributed by atoms with Gasteiger partial charge in [0.15, 0.2) is 0 Å². The van der Waals surface area contributed by atoms with Crippen molar-refractivity contribution in [1.29, 1.82) is 0 Å². The molecule has 2 aliphatic rings. The summed E-state index contributed by atoms with van der Waals surface area (Å²) >= 11 is 0. The first kappa shape index (κ1) is 17.4. The van der Waals surface area contributed by atoms with Crippen LogP contribution in [0.25, 0.3) is 16.5 Å². The number of ether oxygens (including phenoxy) is 2. The average Bonchev–Trinajstić information content (AvgIpc) is 2.73. The van der Waals surface area contributed by atoms with Gasteiger partial charge in [0.1, 0.15) is 0 Å². The van der Waals surface area contributed by atoms with E-state index in [4.69, 9.17) is 9.47 Å². The Morgan fingerprint density at radius 2 is 1.96 bits per heavy atom. The summed E-state index contributed by atoms with van der Waals surface area (Å²) in [6.45, 7) is 2.54. The van der Waals surface area contributed by atoms with Gasteiger partial charge in [0.05, 0.1) is 31.9 Å². The number of morpholine rings is 1. The van der Waals surface area contributed by atoms with Crippen molar-refractivity contribution in [3.05, 3.63) is 77.9 Å². The summed E-state index contributed by atoms with van der Waals surface area (Å²) in [5.74, 6) is 0.653. The topological polar surface area (TPSA) is 34.6 Å². The van der Waals surface area contributed by atoms with Gasteiger partial charge in [-0.05, 0) is 41.3 Å². The Balaban J connectivity index is 1.44. The van der Waals surface area contributed by atoms with Gasteiger partial charge in [-0.2, -0.15) is 0 Å². The molecule has 5 rings (SSSR count). The summed E-state index contributed by atoms with van der Waals surface area (Å²) in [5.41, 5.74) is 5.03. The second kappa shape index (κ2) is 7.38. The second-order valence-electron chi connectivity index (χ2n) is 7.57. The van der Waals surface area contributed by atoms with Crippen LogP contribution in [0.15, 0.2) is 66.7 Å². The third-order valence-corrected chi connectivity index (χ3v) is 5.79. The Hall–Kier alpha value is -2.69. The van der Waals surface area contributed by atoms with Crippen molar-refractivity contribution in [2.45, 2.75) is 25.0 Å². The molecule has 4 heteroatoms. The van der Waals surface area contributed by atoms with Gasteiger partial charge in [-0.15, -0.1) is 0 Å². The number of fused-ring (bicyclic) bond motifs is 3. The van der Waals surface area contributed by atoms with Gasteiger partial charge in [0, 0.05) is 24.0 Å². The fourth-order valence-electron chi connectivity index (χ4n) is 4.34. The fourth-order valence-corrected chi connectivity index (χ4v) is 4.34. The lowest BCUT2D eigenvalue weighted by Crippen LogP contribution is -2.53. The largest absolute Gasteiger partial charge is 0.481 e. The molecule has 28 heavy (non-hydrogen) atoms. The van der Waals surface area contributed by atoms with Crippen LogP contribution in [0.4, 0.5) is 0 Å². The van der Waals surface area contributed by atoms with Gasteiger partial charge in [0.25, 0.3) is 0 Å². The van der Waals surface area contributed by atoms with Crippen LogP contribution < -0.4 is 4.74 Å². The van der Waals surface area contributed by atoms with Crippen LogP contribution in [0.3, 0.4) is 0 Å². The number of rotatable bonds is 4. The smallest absolute Gasteiger partial charge is 0.213 e. The summed E-state index contributed by atoms with van der Waals surface area (Å²) in [6.07, 6.45) is 3.41. The van der Waals surface area contributed by atoms with Crippen LogP contribution in [0.1, 0.15) is 17.5 Å². The first-order valence-corrected chi connectivity index (χ1v) is 9.83. The van der Waals surface area contributed by atoms with E-state index in [1.54, 1.807) is 7.11 Å². The van der Waals surface area contributed by atoms with Crippen molar-refractivity contribution in [3.8, 4) is 5.88 Å². The number of nitrogens with zero attached hydrogens (tertiary/aromatic N) is 2. The van der Waals surface area contributed by atoms with Gasteiger partial charge in [-0.1, -0.05) is 42.5 Å². The Bertz CT molecular complexity index is 1020. The summed E-state index contributed by atoms with van der Waals surface area (Å²) in [4.78, 5) is 7.12. The number of methoxy groups -OCH3 is 1. The quantitative estimate of drug-likeness (QED) is 0.684. The standard InChI is InChI=1S/C24H24N2O2/c1-27-24-10-8-19-11-18(7-9-23(19)25-24)20-12-21-15-28-16-22(13-20)26(21)14-17-5-3-2-4-6-17/h2-12,21-22H,13-16H2,1H3. The zero-order valence-corrected chi connectivity index (χ0v) is 16.0. The summed E-state index contributed by atoms with van der Waals surface area (Å²) in [7, 11) is 1.65. The molecule has 0 amide bonds. The highest BCUT2D eigenvalue weighted by molar-refractivity contribution is 5.84. The molecular formula is C24H24N2O2. The molecule has 2 aromatic carbocycles. The molecule has 2 atom stereocenters. The lowest BCUT2D eigenvalue weighted by atomic mass is 9.89. The van der Waals surface area contributed by atoms with Crippen molar-refractivity contribution >= 4 is 16.5 Å². The maximum absolute atomic E-state index is 5.87. The van der Waals surface area contributed by atoms with E-state index < -0.39 is 0 Å². The van der Waals surface area contributed by atoms with E-state index in [0.717, 1.165) is 37.1 Å². The first-order valence-electron chi connectivity index (χ1n) is 9.83. The van der Waals surface area contributed by atoms with Crippen molar-refractivity contribution < 1.29 is 9.47 Å². The molecule has 0 spiro atoms. The number of hydrogen-bond acceptors (Lipinski definition) is 4. The molecule has 4 nitrogen and oxygen atoms in total. The van der Waals surface area contributed by atoms with Crippen LogP contribution in [-0.4, -0.2) is 42.3 Å². The number of aromatic nitrogens is 1. The molecule has 2 bridgehead atoms. The van der Waals surface area contributed by atoms with Crippen molar-refractivity contribution in [3.63, 3.8) is 0 Å². The fraction of sp³-hybridized carbons (Fsp3) is 0.292. The molecule has 0 N–H and O–H groups in total. The van der Waals surface area contributed by atoms with E-state index in [1.165, 1.54) is 16.7 Å². The predicted molar refractivity (Wildman–Crippen MR) is 111 cm³/mol. The highest BCUT2D eigenvalue weighted by Crippen LogP contribution is 2.34. The summed E-state index contributed by atoms with van der Waals surface area (Å²) in [6, 6.07) is 22.0. The Morgan fingerprint density at radius 1 is 1.07 bits per heavy atom. The molecule has 3 aromatic rings. The third-order valence-electron chi connectivity index (χ3n) is 5.79. The number of benzene rings is 2. The van der Waals surface area contributed by atoms with Gasteiger partial charge in [-0.25, -0.2) is 4.98 Å². The lowest BCUT2D eigenvalue weighted by Gasteiger charge is -2.45. The van der Waals surface area contributed by atoms with E-state index in [1.807, 2.05) is 6.07 Å². The predicted octanol–water partition coefficient (Wildman–Crippen LogP) is 4.30. The molecule has 1 fully saturated rings. The number of hydrogen-bond donors (Lipinski definition) is 0. The van der Waals surface area contributed by atoms with Crippen LogP contribution in [0, 0.1) is 0 Å². The zero-order valence-electron chi connectivity index (χ0n) is 16.0. The minimum atomic E-state index is 0.326. The van der Waals surface area contributed by atoms with Crippen LogP contribution in [0.2, 0.25) is 0 Å². The van der Waals surface area contributed by atoms with E-state index >= 15 is 0 Å². The van der Waals surface area contributed by atoms with Crippen LogP contribution >= 0.6 is 0 Å². The van der Waals surface area contributed by atoms with Crippen LogP contribution in [-0.2, 0) is 11.3 Å². The lowest BCUT2D eigenvalue weighted by molar-refractivity contribution is -0.0402. The minimum absolute atomic E-state index is 0.326. The Labute approximate surface area is 165 Å². The minimum Gasteiger partial charge on any atom is -0.481 e.